The fourth-order valence-corrected chi connectivity index (χ4v) is 3.37. The van der Waals surface area contributed by atoms with Crippen molar-refractivity contribution in [3.05, 3.63) is 28.8 Å². The van der Waals surface area contributed by atoms with E-state index in [2.05, 4.69) is 0 Å². The molecule has 1 aromatic rings. The fraction of sp³-hybridized carbons (Fsp3) is 0.588. The van der Waals surface area contributed by atoms with Gasteiger partial charge >= 0.3 is 0 Å². The number of ether oxygens (including phenoxy) is 1. The number of likely N-dealkylation sites (tertiary alicyclic amines) is 1. The van der Waals surface area contributed by atoms with Crippen LogP contribution < -0.4 is 4.74 Å². The summed E-state index contributed by atoms with van der Waals surface area (Å²) in [7, 11) is 0. The van der Waals surface area contributed by atoms with E-state index in [1.54, 1.807) is 23.1 Å². The van der Waals surface area contributed by atoms with Crippen LogP contribution in [0.5, 0.6) is 5.75 Å². The summed E-state index contributed by atoms with van der Waals surface area (Å²) in [4.78, 5) is 14.5. The highest BCUT2D eigenvalue weighted by Crippen LogP contribution is 2.30. The monoisotopic (exact) mass is 323 g/mol. The molecular weight excluding hydrogens is 302 g/mol. The largest absolute Gasteiger partial charge is 0.490 e. The maximum atomic E-state index is 12.8. The molecule has 120 valence electrons. The van der Waals surface area contributed by atoms with E-state index in [1.807, 2.05) is 0 Å². The van der Waals surface area contributed by atoms with Crippen LogP contribution >= 0.6 is 11.6 Å². The average molecular weight is 324 g/mol. The predicted octanol–water partition coefficient (Wildman–Crippen LogP) is 3.26. The van der Waals surface area contributed by atoms with Crippen molar-refractivity contribution >= 4 is 17.5 Å². The SMILES string of the molecule is O=C(c1cc(Cl)ccc1OC1CCCC1)N1CCC(O)CC1. The van der Waals surface area contributed by atoms with E-state index in [1.165, 1.54) is 12.8 Å². The molecule has 1 aliphatic heterocycles. The molecule has 0 radical (unpaired) electrons. The van der Waals surface area contributed by atoms with Crippen molar-refractivity contribution in [2.45, 2.75) is 50.7 Å². The number of carbonyl (C=O) groups excluding carboxylic acids is 1. The molecule has 5 heteroatoms. The number of hydrogen-bond donors (Lipinski definition) is 1. The number of aliphatic hydroxyl groups excluding tert-OH is 1. The Labute approximate surface area is 136 Å². The van der Waals surface area contributed by atoms with Crippen LogP contribution in [0.1, 0.15) is 48.9 Å². The Morgan fingerprint density at radius 3 is 2.55 bits per heavy atom. The van der Waals surface area contributed by atoms with Crippen molar-refractivity contribution in [2.75, 3.05) is 13.1 Å². The summed E-state index contributed by atoms with van der Waals surface area (Å²) in [6.45, 7) is 1.16. The van der Waals surface area contributed by atoms with E-state index in [-0.39, 0.29) is 18.1 Å². The lowest BCUT2D eigenvalue weighted by Crippen LogP contribution is -2.40. The fourth-order valence-electron chi connectivity index (χ4n) is 3.20. The molecule has 0 spiro atoms. The third-order valence-electron chi connectivity index (χ3n) is 4.52. The highest BCUT2D eigenvalue weighted by molar-refractivity contribution is 6.31. The van der Waals surface area contributed by atoms with Gasteiger partial charge < -0.3 is 14.7 Å². The standard InChI is InChI=1S/C17H22ClNO3/c18-12-5-6-16(22-14-3-1-2-4-14)15(11-12)17(21)19-9-7-13(20)8-10-19/h5-6,11,13-14,20H,1-4,7-10H2. The van der Waals surface area contributed by atoms with Crippen molar-refractivity contribution < 1.29 is 14.6 Å². The lowest BCUT2D eigenvalue weighted by Gasteiger charge is -2.30. The number of halogens is 1. The number of amides is 1. The van der Waals surface area contributed by atoms with Crippen LogP contribution in [-0.4, -0.2) is 41.2 Å². The van der Waals surface area contributed by atoms with Crippen LogP contribution in [-0.2, 0) is 0 Å². The maximum Gasteiger partial charge on any atom is 0.257 e. The van der Waals surface area contributed by atoms with Gasteiger partial charge in [-0.2, -0.15) is 0 Å². The number of benzene rings is 1. The zero-order valence-corrected chi connectivity index (χ0v) is 13.4. The first-order valence-corrected chi connectivity index (χ1v) is 8.45. The smallest absolute Gasteiger partial charge is 0.257 e. The second kappa shape index (κ2) is 6.88. The number of hydrogen-bond acceptors (Lipinski definition) is 3. The summed E-state index contributed by atoms with van der Waals surface area (Å²) in [5.74, 6) is 0.579. The Hall–Kier alpha value is -1.26. The van der Waals surface area contributed by atoms with Gasteiger partial charge in [-0.1, -0.05) is 11.6 Å². The third-order valence-corrected chi connectivity index (χ3v) is 4.75. The first-order valence-electron chi connectivity index (χ1n) is 8.07. The summed E-state index contributed by atoms with van der Waals surface area (Å²) in [6.07, 6.45) is 5.64. The molecule has 1 saturated carbocycles. The minimum atomic E-state index is -0.294. The van der Waals surface area contributed by atoms with E-state index in [4.69, 9.17) is 16.3 Å². The van der Waals surface area contributed by atoms with Crippen LogP contribution in [0, 0.1) is 0 Å². The quantitative estimate of drug-likeness (QED) is 0.929. The highest BCUT2D eigenvalue weighted by atomic mass is 35.5. The van der Waals surface area contributed by atoms with Gasteiger partial charge in [-0.3, -0.25) is 4.79 Å². The summed E-state index contributed by atoms with van der Waals surface area (Å²) >= 11 is 6.07. The van der Waals surface area contributed by atoms with Crippen LogP contribution in [0.4, 0.5) is 0 Å². The van der Waals surface area contributed by atoms with Crippen LogP contribution in [0.3, 0.4) is 0 Å². The highest BCUT2D eigenvalue weighted by Gasteiger charge is 2.26. The Morgan fingerprint density at radius 1 is 1.18 bits per heavy atom. The lowest BCUT2D eigenvalue weighted by molar-refractivity contribution is 0.0541. The molecule has 1 heterocycles. The second-order valence-corrected chi connectivity index (χ2v) is 6.62. The Balaban J connectivity index is 1.78. The van der Waals surface area contributed by atoms with Gasteiger partial charge in [-0.25, -0.2) is 0 Å². The molecule has 0 unspecified atom stereocenters. The molecule has 0 aromatic heterocycles. The summed E-state index contributed by atoms with van der Waals surface area (Å²) in [5, 5.41) is 10.1. The molecule has 0 atom stereocenters. The van der Waals surface area contributed by atoms with Crippen molar-refractivity contribution in [3.8, 4) is 5.75 Å². The Morgan fingerprint density at radius 2 is 1.86 bits per heavy atom. The topological polar surface area (TPSA) is 49.8 Å². The third kappa shape index (κ3) is 3.55. The zero-order chi connectivity index (χ0) is 15.5. The van der Waals surface area contributed by atoms with Gasteiger partial charge in [0.2, 0.25) is 0 Å². The molecule has 2 aliphatic rings. The Bertz CT molecular complexity index is 535. The zero-order valence-electron chi connectivity index (χ0n) is 12.6. The van der Waals surface area contributed by atoms with E-state index in [0.717, 1.165) is 12.8 Å². The van der Waals surface area contributed by atoms with Gasteiger partial charge in [0.05, 0.1) is 17.8 Å². The van der Waals surface area contributed by atoms with Gasteiger partial charge in [0.15, 0.2) is 0 Å². The van der Waals surface area contributed by atoms with Crippen LogP contribution in [0.25, 0.3) is 0 Å². The van der Waals surface area contributed by atoms with Gasteiger partial charge in [0.25, 0.3) is 5.91 Å². The summed E-state index contributed by atoms with van der Waals surface area (Å²) in [5.41, 5.74) is 0.538. The number of rotatable bonds is 3. The van der Waals surface area contributed by atoms with Crippen LogP contribution in [0.2, 0.25) is 5.02 Å². The summed E-state index contributed by atoms with van der Waals surface area (Å²) < 4.78 is 6.04. The van der Waals surface area contributed by atoms with E-state index in [0.29, 0.717) is 42.3 Å². The van der Waals surface area contributed by atoms with Crippen molar-refractivity contribution in [1.82, 2.24) is 4.90 Å². The molecule has 1 N–H and O–H groups in total. The number of carbonyl (C=O) groups is 1. The molecule has 2 fully saturated rings. The molecule has 1 aromatic carbocycles. The number of aliphatic hydroxyl groups is 1. The molecular formula is C17H22ClNO3. The molecule has 22 heavy (non-hydrogen) atoms. The van der Waals surface area contributed by atoms with Gasteiger partial charge in [0.1, 0.15) is 5.75 Å². The first kappa shape index (κ1) is 15.6. The van der Waals surface area contributed by atoms with Crippen molar-refractivity contribution in [3.63, 3.8) is 0 Å². The van der Waals surface area contributed by atoms with Gasteiger partial charge in [0, 0.05) is 18.1 Å². The molecule has 1 saturated heterocycles. The molecule has 0 bridgehead atoms. The maximum absolute atomic E-state index is 12.8. The average Bonchev–Trinajstić information content (AvgIpc) is 3.02. The second-order valence-electron chi connectivity index (χ2n) is 6.19. The number of nitrogens with zero attached hydrogens (tertiary/aromatic N) is 1. The lowest BCUT2D eigenvalue weighted by atomic mass is 10.1. The van der Waals surface area contributed by atoms with Crippen molar-refractivity contribution in [1.29, 1.82) is 0 Å². The molecule has 3 rings (SSSR count). The Kier molecular flexibility index (Phi) is 4.89. The van der Waals surface area contributed by atoms with Crippen molar-refractivity contribution in [2.24, 2.45) is 0 Å². The molecule has 1 aliphatic carbocycles. The molecule has 1 amide bonds. The normalized spacial score (nSPS) is 20.4. The first-order chi connectivity index (χ1) is 10.6. The van der Waals surface area contributed by atoms with Crippen LogP contribution in [0.15, 0.2) is 18.2 Å². The van der Waals surface area contributed by atoms with E-state index in [9.17, 15) is 9.90 Å². The van der Waals surface area contributed by atoms with Gasteiger partial charge in [-0.15, -0.1) is 0 Å². The predicted molar refractivity (Wildman–Crippen MR) is 85.5 cm³/mol. The van der Waals surface area contributed by atoms with Gasteiger partial charge in [-0.05, 0) is 56.7 Å². The number of piperidine rings is 1. The summed E-state index contributed by atoms with van der Waals surface area (Å²) in [6, 6.07) is 5.26. The minimum absolute atomic E-state index is 0.0533. The molecule has 4 nitrogen and oxygen atoms in total. The van der Waals surface area contributed by atoms with E-state index < -0.39 is 0 Å². The van der Waals surface area contributed by atoms with E-state index >= 15 is 0 Å². The minimum Gasteiger partial charge on any atom is -0.490 e.